The molecule has 0 amide bonds. The van der Waals surface area contributed by atoms with E-state index in [9.17, 15) is 4.79 Å². The molecule has 0 aromatic rings. The Labute approximate surface area is 70.9 Å². The van der Waals surface area contributed by atoms with Crippen molar-refractivity contribution in [2.45, 2.75) is 6.92 Å². The Morgan fingerprint density at radius 3 is 2.91 bits per heavy atom. The molecule has 62 valence electrons. The van der Waals surface area contributed by atoms with Gasteiger partial charge in [-0.05, 0) is 13.2 Å². The van der Waals surface area contributed by atoms with Gasteiger partial charge in [0.15, 0.2) is 7.89 Å². The largest absolute Gasteiger partial charge is 0.481 e. The van der Waals surface area contributed by atoms with Gasteiger partial charge in [-0.2, -0.15) is 0 Å². The van der Waals surface area contributed by atoms with Gasteiger partial charge < -0.3 is 5.11 Å². The fourth-order valence-electron chi connectivity index (χ4n) is 0.329. The highest BCUT2D eigenvalue weighted by Crippen LogP contribution is 2.47. The first-order valence-corrected chi connectivity index (χ1v) is 7.69. The Bertz CT molecular complexity index is 192. The van der Waals surface area contributed by atoms with Crippen molar-refractivity contribution in [3.63, 3.8) is 0 Å². The van der Waals surface area contributed by atoms with Crippen LogP contribution in [-0.4, -0.2) is 23.9 Å². The molecule has 0 aliphatic heterocycles. The van der Waals surface area contributed by atoms with Gasteiger partial charge in [-0.1, -0.05) is 4.74 Å². The highest BCUT2D eigenvalue weighted by atomic mass is 32.4. The van der Waals surface area contributed by atoms with Gasteiger partial charge in [0.05, 0.1) is 12.5 Å². The van der Waals surface area contributed by atoms with Crippen LogP contribution in [0.3, 0.4) is 0 Å². The van der Waals surface area contributed by atoms with Crippen LogP contribution in [0.1, 0.15) is 6.92 Å². The summed E-state index contributed by atoms with van der Waals surface area (Å²) in [7, 11) is 3.04. The van der Waals surface area contributed by atoms with Gasteiger partial charge >= 0.3 is 5.97 Å². The lowest BCUT2D eigenvalue weighted by atomic mass is 10.2. The highest BCUT2D eigenvalue weighted by Gasteiger charge is 2.11. The summed E-state index contributed by atoms with van der Waals surface area (Å²) < 4.78 is 4.14. The van der Waals surface area contributed by atoms with Gasteiger partial charge in [0, 0.05) is 0 Å². The average Bonchev–Trinajstić information content (AvgIpc) is 1.99. The van der Waals surface area contributed by atoms with E-state index in [1.165, 1.54) is 0 Å². The number of hydrogen-bond acceptors (Lipinski definition) is 2. The minimum atomic E-state index is -0.789. The minimum Gasteiger partial charge on any atom is -0.481 e. The number of carbonyl (C=O) groups is 1. The summed E-state index contributed by atoms with van der Waals surface area (Å²) in [5.74, 6) is -1.16. The van der Waals surface area contributed by atoms with E-state index in [1.807, 2.05) is 0 Å². The number of carboxylic acid groups (broad SMARTS) is 1. The summed E-state index contributed by atoms with van der Waals surface area (Å²) in [5.41, 5.74) is 0. The van der Waals surface area contributed by atoms with Crippen LogP contribution in [0.5, 0.6) is 0 Å². The van der Waals surface area contributed by atoms with Crippen LogP contribution in [0.25, 0.3) is 0 Å². The first-order chi connectivity index (χ1) is 5.07. The molecule has 6 heteroatoms. The van der Waals surface area contributed by atoms with E-state index in [2.05, 4.69) is 20.0 Å². The lowest BCUT2D eigenvalue weighted by Gasteiger charge is -1.96. The predicted molar refractivity (Wildman–Crippen MR) is 54.8 cm³/mol. The molecule has 0 saturated carbocycles. The van der Waals surface area contributed by atoms with Crippen molar-refractivity contribution < 1.29 is 9.90 Å². The molecule has 0 aliphatic carbocycles. The Morgan fingerprint density at radius 2 is 2.55 bits per heavy atom. The second kappa shape index (κ2) is 5.77. The fraction of sp³-hybridized carbons (Fsp3) is 0.600. The third-order valence-corrected chi connectivity index (χ3v) is 5.02. The van der Waals surface area contributed by atoms with Crippen molar-refractivity contribution >= 4 is 36.2 Å². The van der Waals surface area contributed by atoms with Gasteiger partial charge in [-0.25, -0.2) is 0 Å². The second-order valence-corrected chi connectivity index (χ2v) is 8.08. The van der Waals surface area contributed by atoms with Gasteiger partial charge in [0.2, 0.25) is 0 Å². The first kappa shape index (κ1) is 11.2. The van der Waals surface area contributed by atoms with Crippen molar-refractivity contribution in [2.75, 3.05) is 6.54 Å². The topological polar surface area (TPSA) is 49.7 Å². The van der Waals surface area contributed by atoms with Crippen LogP contribution < -0.4 is 0 Å². The molecule has 0 bridgehead atoms. The smallest absolute Gasteiger partial charge is 0.308 e. The third-order valence-electron chi connectivity index (χ3n) is 1.07. The molecule has 0 aliphatic rings. The molecule has 0 spiro atoms. The number of rotatable bonds is 4. The van der Waals surface area contributed by atoms with Crippen LogP contribution in [0.4, 0.5) is 0 Å². The molecule has 0 rings (SSSR count). The molecule has 0 radical (unpaired) electrons. The third kappa shape index (κ3) is 5.44. The molecule has 0 heterocycles. The quantitative estimate of drug-likeness (QED) is 0.724. The standard InChI is InChI=1S/C5H10NO2P3/c1-4(5(7)8)3-6-11(9)10-2/h4H,2-3,9H2,1H3/p+1. The lowest BCUT2D eigenvalue weighted by Crippen LogP contribution is -2.11. The molecular formula is C5H11NO2P3+. The van der Waals surface area contributed by atoms with E-state index in [1.54, 1.807) is 6.92 Å². The molecule has 3 atom stereocenters. The van der Waals surface area contributed by atoms with Gasteiger partial charge in [-0.3, -0.25) is 4.79 Å². The molecule has 11 heavy (non-hydrogen) atoms. The van der Waals surface area contributed by atoms with E-state index >= 15 is 0 Å². The van der Waals surface area contributed by atoms with Gasteiger partial charge in [0.1, 0.15) is 8.93 Å². The van der Waals surface area contributed by atoms with Crippen LogP contribution in [0.2, 0.25) is 0 Å². The minimum absolute atomic E-state index is 0.373. The van der Waals surface area contributed by atoms with Crippen molar-refractivity contribution in [3.05, 3.63) is 0 Å². The molecule has 0 saturated heterocycles. The molecule has 1 N–H and O–H groups in total. The maximum absolute atomic E-state index is 10.3. The zero-order valence-corrected chi connectivity index (χ0v) is 9.21. The number of nitrogens with zero attached hydrogens (tertiary/aromatic N) is 1. The molecule has 0 fully saturated rings. The van der Waals surface area contributed by atoms with Crippen LogP contribution in [-0.2, 0) is 4.79 Å². The van der Waals surface area contributed by atoms with Crippen molar-refractivity contribution in [1.82, 2.24) is 0 Å². The Morgan fingerprint density at radius 1 is 2.00 bits per heavy atom. The Kier molecular flexibility index (Phi) is 5.86. The van der Waals surface area contributed by atoms with Crippen LogP contribution in [0, 0.1) is 5.92 Å². The van der Waals surface area contributed by atoms with E-state index in [0.29, 0.717) is 6.54 Å². The second-order valence-electron chi connectivity index (χ2n) is 2.03. The van der Waals surface area contributed by atoms with Gasteiger partial charge in [0.25, 0.3) is 7.09 Å². The molecule has 3 nitrogen and oxygen atoms in total. The zero-order chi connectivity index (χ0) is 8.85. The SMILES string of the molecule is C=P[P+](P)=NCC(C)C(=O)O. The molecule has 0 aromatic heterocycles. The summed E-state index contributed by atoms with van der Waals surface area (Å²) in [6.07, 6.45) is 3.65. The highest BCUT2D eigenvalue weighted by molar-refractivity contribution is 8.42. The van der Waals surface area contributed by atoms with E-state index < -0.39 is 13.1 Å². The monoisotopic (exact) mass is 210 g/mol. The summed E-state index contributed by atoms with van der Waals surface area (Å²) in [6, 6.07) is 0. The zero-order valence-electron chi connectivity index (χ0n) is 6.27. The lowest BCUT2D eigenvalue weighted by molar-refractivity contribution is -0.140. The maximum Gasteiger partial charge on any atom is 0.308 e. The van der Waals surface area contributed by atoms with Crippen LogP contribution in [0.15, 0.2) is 4.74 Å². The number of carboxylic acids is 1. The van der Waals surface area contributed by atoms with E-state index in [4.69, 9.17) is 5.11 Å². The first-order valence-electron chi connectivity index (χ1n) is 2.99. The summed E-state index contributed by atoms with van der Waals surface area (Å²) in [6.45, 7) is 2.05. The maximum atomic E-state index is 10.3. The predicted octanol–water partition coefficient (Wildman–Crippen LogP) is 2.46. The van der Waals surface area contributed by atoms with Crippen molar-refractivity contribution in [3.8, 4) is 0 Å². The summed E-state index contributed by atoms with van der Waals surface area (Å²) in [5, 5.41) is 8.49. The van der Waals surface area contributed by atoms with Crippen molar-refractivity contribution in [2.24, 2.45) is 10.7 Å². The molecule has 3 unspecified atom stereocenters. The van der Waals surface area contributed by atoms with Crippen LogP contribution >= 0.6 is 23.9 Å². The normalized spacial score (nSPS) is 14.9. The molecule has 0 aromatic carbocycles. The summed E-state index contributed by atoms with van der Waals surface area (Å²) >= 11 is 0. The van der Waals surface area contributed by atoms with E-state index in [-0.39, 0.29) is 5.92 Å². The van der Waals surface area contributed by atoms with Gasteiger partial charge in [-0.15, -0.1) is 0 Å². The fourth-order valence-corrected chi connectivity index (χ4v) is 1.60. The average molecular weight is 210 g/mol. The van der Waals surface area contributed by atoms with Crippen molar-refractivity contribution in [1.29, 1.82) is 0 Å². The number of hydrogen-bond donors (Lipinski definition) is 1. The van der Waals surface area contributed by atoms with E-state index in [0.717, 1.165) is 7.89 Å². The Hall–Kier alpha value is 0.170. The number of aliphatic carboxylic acids is 1. The molecular weight excluding hydrogens is 199 g/mol. The Balaban J connectivity index is 3.87. The summed E-state index contributed by atoms with van der Waals surface area (Å²) in [4.78, 5) is 10.3.